The van der Waals surface area contributed by atoms with E-state index < -0.39 is 0 Å². The van der Waals surface area contributed by atoms with Crippen molar-refractivity contribution < 1.29 is 14.3 Å². The average molecular weight is 371 g/mol. The van der Waals surface area contributed by atoms with Crippen LogP contribution in [0.4, 0.5) is 5.69 Å². The van der Waals surface area contributed by atoms with Gasteiger partial charge in [-0.05, 0) is 37.8 Å². The second-order valence-corrected chi connectivity index (χ2v) is 7.82. The first-order valence-electron chi connectivity index (χ1n) is 10.1. The number of benzene rings is 1. The number of carbonyl (C=O) groups excluding carboxylic acids is 2. The van der Waals surface area contributed by atoms with Crippen LogP contribution in [0.2, 0.25) is 0 Å². The smallest absolute Gasteiger partial charge is 0.226 e. The van der Waals surface area contributed by atoms with Crippen LogP contribution in [0.25, 0.3) is 0 Å². The second kappa shape index (κ2) is 7.79. The van der Waals surface area contributed by atoms with Gasteiger partial charge in [0.1, 0.15) is 5.75 Å². The molecule has 0 N–H and O–H groups in total. The van der Waals surface area contributed by atoms with Gasteiger partial charge in [-0.1, -0.05) is 12.1 Å². The SMILES string of the molecule is COc1ccccc1N1CCN(C(=O)C2CC2C(=O)N2CCCCC2)CC1. The Labute approximate surface area is 161 Å². The van der Waals surface area contributed by atoms with Crippen LogP contribution in [0.1, 0.15) is 25.7 Å². The molecule has 1 aliphatic carbocycles. The van der Waals surface area contributed by atoms with E-state index in [0.717, 1.165) is 56.9 Å². The molecule has 2 atom stereocenters. The minimum atomic E-state index is -0.0859. The van der Waals surface area contributed by atoms with E-state index in [1.54, 1.807) is 7.11 Å². The Bertz CT molecular complexity index is 694. The van der Waals surface area contributed by atoms with Crippen molar-refractivity contribution in [3.05, 3.63) is 24.3 Å². The van der Waals surface area contributed by atoms with Crippen molar-refractivity contribution in [2.45, 2.75) is 25.7 Å². The molecule has 1 aromatic rings. The average Bonchev–Trinajstić information content (AvgIpc) is 3.54. The van der Waals surface area contributed by atoms with Gasteiger partial charge in [0.05, 0.1) is 24.6 Å². The van der Waals surface area contributed by atoms with Crippen LogP contribution < -0.4 is 9.64 Å². The minimum absolute atomic E-state index is 0.0668. The largest absolute Gasteiger partial charge is 0.495 e. The van der Waals surface area contributed by atoms with Crippen molar-refractivity contribution in [2.24, 2.45) is 11.8 Å². The summed E-state index contributed by atoms with van der Waals surface area (Å²) in [6.45, 7) is 4.74. The van der Waals surface area contributed by atoms with E-state index in [1.807, 2.05) is 28.0 Å². The summed E-state index contributed by atoms with van der Waals surface area (Å²) in [6.07, 6.45) is 4.15. The Morgan fingerprint density at radius 3 is 2.07 bits per heavy atom. The number of ether oxygens (including phenoxy) is 1. The highest BCUT2D eigenvalue weighted by atomic mass is 16.5. The summed E-state index contributed by atoms with van der Waals surface area (Å²) in [4.78, 5) is 31.6. The Kier molecular flexibility index (Phi) is 5.23. The van der Waals surface area contributed by atoms with Gasteiger partial charge >= 0.3 is 0 Å². The molecule has 27 heavy (non-hydrogen) atoms. The van der Waals surface area contributed by atoms with Crippen LogP contribution >= 0.6 is 0 Å². The molecule has 3 fully saturated rings. The highest BCUT2D eigenvalue weighted by Gasteiger charge is 2.51. The van der Waals surface area contributed by atoms with Gasteiger partial charge < -0.3 is 19.4 Å². The molecule has 0 spiro atoms. The second-order valence-electron chi connectivity index (χ2n) is 7.82. The predicted octanol–water partition coefficient (Wildman–Crippen LogP) is 1.99. The molecule has 2 amide bonds. The molecule has 2 aliphatic heterocycles. The van der Waals surface area contributed by atoms with E-state index in [2.05, 4.69) is 11.0 Å². The number of amides is 2. The highest BCUT2D eigenvalue weighted by Crippen LogP contribution is 2.42. The summed E-state index contributed by atoms with van der Waals surface area (Å²) in [5.74, 6) is 1.09. The fourth-order valence-electron chi connectivity index (χ4n) is 4.38. The number of nitrogens with zero attached hydrogens (tertiary/aromatic N) is 3. The van der Waals surface area contributed by atoms with E-state index in [-0.39, 0.29) is 23.7 Å². The van der Waals surface area contributed by atoms with Crippen molar-refractivity contribution in [1.29, 1.82) is 0 Å². The van der Waals surface area contributed by atoms with Gasteiger partial charge in [0.25, 0.3) is 0 Å². The Balaban J connectivity index is 1.30. The molecule has 0 bridgehead atoms. The van der Waals surface area contributed by atoms with Crippen LogP contribution in [-0.2, 0) is 9.59 Å². The Morgan fingerprint density at radius 2 is 1.44 bits per heavy atom. The third kappa shape index (κ3) is 3.75. The molecule has 6 heteroatoms. The first-order valence-corrected chi connectivity index (χ1v) is 10.1. The van der Waals surface area contributed by atoms with Gasteiger partial charge in [0, 0.05) is 39.3 Å². The molecular formula is C21H29N3O3. The van der Waals surface area contributed by atoms with Crippen molar-refractivity contribution in [3.8, 4) is 5.75 Å². The van der Waals surface area contributed by atoms with E-state index >= 15 is 0 Å². The van der Waals surface area contributed by atoms with Crippen LogP contribution in [0.15, 0.2) is 24.3 Å². The van der Waals surface area contributed by atoms with E-state index in [9.17, 15) is 9.59 Å². The van der Waals surface area contributed by atoms with Crippen LogP contribution in [-0.4, -0.2) is 68.0 Å². The molecule has 0 aromatic heterocycles. The number of para-hydroxylation sites is 2. The fourth-order valence-corrected chi connectivity index (χ4v) is 4.38. The predicted molar refractivity (Wildman–Crippen MR) is 104 cm³/mol. The highest BCUT2D eigenvalue weighted by molar-refractivity contribution is 5.92. The molecule has 2 heterocycles. The normalized spacial score (nSPS) is 25.3. The Hall–Kier alpha value is -2.24. The minimum Gasteiger partial charge on any atom is -0.495 e. The summed E-state index contributed by atoms with van der Waals surface area (Å²) in [7, 11) is 1.69. The number of hydrogen-bond donors (Lipinski definition) is 0. The maximum absolute atomic E-state index is 12.8. The van der Waals surface area contributed by atoms with Gasteiger partial charge in [-0.15, -0.1) is 0 Å². The summed E-state index contributed by atoms with van der Waals surface area (Å²) in [5.41, 5.74) is 1.08. The number of methoxy groups -OCH3 is 1. The molecule has 2 unspecified atom stereocenters. The molecule has 4 rings (SSSR count). The summed E-state index contributed by atoms with van der Waals surface area (Å²) >= 11 is 0. The van der Waals surface area contributed by atoms with E-state index in [0.29, 0.717) is 13.1 Å². The van der Waals surface area contributed by atoms with Gasteiger partial charge in [-0.2, -0.15) is 0 Å². The zero-order valence-corrected chi connectivity index (χ0v) is 16.1. The number of likely N-dealkylation sites (tertiary alicyclic amines) is 1. The Morgan fingerprint density at radius 1 is 0.852 bits per heavy atom. The van der Waals surface area contributed by atoms with Crippen molar-refractivity contribution in [3.63, 3.8) is 0 Å². The summed E-state index contributed by atoms with van der Waals surface area (Å²) in [6, 6.07) is 8.00. The molecule has 1 aromatic carbocycles. The van der Waals surface area contributed by atoms with Crippen molar-refractivity contribution in [2.75, 3.05) is 51.3 Å². The maximum Gasteiger partial charge on any atom is 0.226 e. The zero-order valence-electron chi connectivity index (χ0n) is 16.1. The maximum atomic E-state index is 12.8. The lowest BCUT2D eigenvalue weighted by molar-refractivity contribution is -0.138. The summed E-state index contributed by atoms with van der Waals surface area (Å²) in [5, 5.41) is 0. The molecule has 2 saturated heterocycles. The van der Waals surface area contributed by atoms with Crippen molar-refractivity contribution >= 4 is 17.5 Å². The molecule has 3 aliphatic rings. The number of piperidine rings is 1. The van der Waals surface area contributed by atoms with Crippen molar-refractivity contribution in [1.82, 2.24) is 9.80 Å². The van der Waals surface area contributed by atoms with Gasteiger partial charge in [0.15, 0.2) is 0 Å². The van der Waals surface area contributed by atoms with Crippen LogP contribution in [0.5, 0.6) is 5.75 Å². The molecule has 1 saturated carbocycles. The molecular weight excluding hydrogens is 342 g/mol. The lowest BCUT2D eigenvalue weighted by Crippen LogP contribution is -2.49. The first kappa shape index (κ1) is 18.1. The lowest BCUT2D eigenvalue weighted by atomic mass is 10.1. The fraction of sp³-hybridized carbons (Fsp3) is 0.619. The number of rotatable bonds is 4. The van der Waals surface area contributed by atoms with Gasteiger partial charge in [0.2, 0.25) is 11.8 Å². The standard InChI is InChI=1S/C21H29N3O3/c1-27-19-8-4-3-7-18(19)22-11-13-24(14-12-22)21(26)17-15-16(17)20(25)23-9-5-2-6-10-23/h3-4,7-8,16-17H,2,5-6,9-15H2,1H3. The van der Waals surface area contributed by atoms with Crippen LogP contribution in [0, 0.1) is 11.8 Å². The lowest BCUT2D eigenvalue weighted by Gasteiger charge is -2.36. The number of anilines is 1. The van der Waals surface area contributed by atoms with Gasteiger partial charge in [-0.3, -0.25) is 9.59 Å². The quantitative estimate of drug-likeness (QED) is 0.812. The van der Waals surface area contributed by atoms with E-state index in [4.69, 9.17) is 4.74 Å². The number of carbonyl (C=O) groups is 2. The number of piperazine rings is 1. The van der Waals surface area contributed by atoms with Crippen LogP contribution in [0.3, 0.4) is 0 Å². The molecule has 0 radical (unpaired) electrons. The zero-order chi connectivity index (χ0) is 18.8. The third-order valence-corrected chi connectivity index (χ3v) is 6.11. The summed E-state index contributed by atoms with van der Waals surface area (Å²) < 4.78 is 5.45. The topological polar surface area (TPSA) is 53.1 Å². The monoisotopic (exact) mass is 371 g/mol. The van der Waals surface area contributed by atoms with Gasteiger partial charge in [-0.25, -0.2) is 0 Å². The molecule has 146 valence electrons. The van der Waals surface area contributed by atoms with E-state index in [1.165, 1.54) is 6.42 Å². The molecule has 6 nitrogen and oxygen atoms in total. The number of hydrogen-bond acceptors (Lipinski definition) is 4. The third-order valence-electron chi connectivity index (χ3n) is 6.11. The first-order chi connectivity index (χ1) is 13.2.